The van der Waals surface area contributed by atoms with Crippen LogP contribution in [0.15, 0.2) is 0 Å². The first-order chi connectivity index (χ1) is 7.85. The summed E-state index contributed by atoms with van der Waals surface area (Å²) in [6, 6.07) is 0. The molecule has 1 aliphatic heterocycles. The van der Waals surface area contributed by atoms with Crippen LogP contribution in [0.25, 0.3) is 0 Å². The Kier molecular flexibility index (Phi) is 3.23. The topological polar surface area (TPSA) is 40.5 Å². The normalized spacial score (nSPS) is 26.1. The van der Waals surface area contributed by atoms with Crippen molar-refractivity contribution in [3.8, 4) is 0 Å². The van der Waals surface area contributed by atoms with Gasteiger partial charge in [0.25, 0.3) is 0 Å². The third-order valence-electron chi connectivity index (χ3n) is 4.16. The Morgan fingerprint density at radius 1 is 1.29 bits per heavy atom. The summed E-state index contributed by atoms with van der Waals surface area (Å²) in [4.78, 5) is 14.4. The fraction of sp³-hybridized carbons (Fsp3) is 0.929. The van der Waals surface area contributed by atoms with E-state index in [1.165, 1.54) is 12.8 Å². The molecule has 3 nitrogen and oxygen atoms in total. The van der Waals surface area contributed by atoms with E-state index in [9.17, 15) is 9.90 Å². The van der Waals surface area contributed by atoms with Crippen molar-refractivity contribution >= 4 is 5.91 Å². The SMILES string of the molecule is CC(C)CC1(C(=O)N2CC(C)(O)C2)CCCC1. The highest BCUT2D eigenvalue weighted by atomic mass is 16.3. The van der Waals surface area contributed by atoms with Gasteiger partial charge >= 0.3 is 0 Å². The molecule has 17 heavy (non-hydrogen) atoms. The lowest BCUT2D eigenvalue weighted by Gasteiger charge is -2.48. The highest BCUT2D eigenvalue weighted by molar-refractivity contribution is 5.84. The fourth-order valence-corrected chi connectivity index (χ4v) is 3.59. The molecule has 98 valence electrons. The zero-order chi connectivity index (χ0) is 12.7. The van der Waals surface area contributed by atoms with E-state index in [-0.39, 0.29) is 5.41 Å². The Morgan fingerprint density at radius 2 is 1.82 bits per heavy atom. The summed E-state index contributed by atoms with van der Waals surface area (Å²) in [5.74, 6) is 0.870. The molecule has 1 saturated carbocycles. The lowest BCUT2D eigenvalue weighted by molar-refractivity contribution is -0.164. The van der Waals surface area contributed by atoms with Gasteiger partial charge in [-0.05, 0) is 32.1 Å². The number of likely N-dealkylation sites (tertiary alicyclic amines) is 1. The van der Waals surface area contributed by atoms with Crippen LogP contribution in [0.1, 0.15) is 52.9 Å². The molecule has 1 N–H and O–H groups in total. The highest BCUT2D eigenvalue weighted by Gasteiger charge is 2.49. The summed E-state index contributed by atoms with van der Waals surface area (Å²) in [6.45, 7) is 7.23. The number of hydrogen-bond acceptors (Lipinski definition) is 2. The number of carbonyl (C=O) groups is 1. The van der Waals surface area contributed by atoms with Crippen molar-refractivity contribution in [1.29, 1.82) is 0 Å². The van der Waals surface area contributed by atoms with Crippen molar-refractivity contribution in [3.63, 3.8) is 0 Å². The highest BCUT2D eigenvalue weighted by Crippen LogP contribution is 2.45. The van der Waals surface area contributed by atoms with Crippen LogP contribution in [-0.2, 0) is 4.79 Å². The fourth-order valence-electron chi connectivity index (χ4n) is 3.59. The van der Waals surface area contributed by atoms with Gasteiger partial charge in [0.2, 0.25) is 5.91 Å². The Bertz CT molecular complexity index is 295. The zero-order valence-corrected chi connectivity index (χ0v) is 11.3. The Morgan fingerprint density at radius 3 is 2.24 bits per heavy atom. The molecule has 0 unspecified atom stereocenters. The van der Waals surface area contributed by atoms with Crippen LogP contribution in [0.3, 0.4) is 0 Å². The van der Waals surface area contributed by atoms with Crippen molar-refractivity contribution < 1.29 is 9.90 Å². The number of carbonyl (C=O) groups excluding carboxylic acids is 1. The van der Waals surface area contributed by atoms with Crippen LogP contribution in [0.4, 0.5) is 0 Å². The molecule has 1 saturated heterocycles. The van der Waals surface area contributed by atoms with Gasteiger partial charge in [-0.2, -0.15) is 0 Å². The zero-order valence-electron chi connectivity index (χ0n) is 11.3. The van der Waals surface area contributed by atoms with Crippen LogP contribution in [0.5, 0.6) is 0 Å². The minimum Gasteiger partial charge on any atom is -0.386 e. The maximum Gasteiger partial charge on any atom is 0.228 e. The van der Waals surface area contributed by atoms with Crippen molar-refractivity contribution in [2.24, 2.45) is 11.3 Å². The molecule has 0 aromatic heterocycles. The van der Waals surface area contributed by atoms with Crippen LogP contribution < -0.4 is 0 Å². The summed E-state index contributed by atoms with van der Waals surface area (Å²) in [7, 11) is 0. The first-order valence-corrected chi connectivity index (χ1v) is 6.86. The molecule has 2 aliphatic rings. The third-order valence-corrected chi connectivity index (χ3v) is 4.16. The number of amides is 1. The first kappa shape index (κ1) is 12.9. The molecule has 0 atom stereocenters. The second-order valence-electron chi connectivity index (χ2n) is 6.74. The first-order valence-electron chi connectivity index (χ1n) is 6.86. The predicted octanol–water partition coefficient (Wildman–Crippen LogP) is 2.19. The van der Waals surface area contributed by atoms with Gasteiger partial charge in [0, 0.05) is 5.41 Å². The van der Waals surface area contributed by atoms with Gasteiger partial charge < -0.3 is 10.0 Å². The number of aliphatic hydroxyl groups is 1. The standard InChI is InChI=1S/C14H25NO2/c1-11(2)8-14(6-4-5-7-14)12(16)15-9-13(3,17)10-15/h11,17H,4-10H2,1-3H3. The van der Waals surface area contributed by atoms with E-state index in [2.05, 4.69) is 13.8 Å². The van der Waals surface area contributed by atoms with Crippen molar-refractivity contribution in [1.82, 2.24) is 4.90 Å². The van der Waals surface area contributed by atoms with Gasteiger partial charge in [-0.15, -0.1) is 0 Å². The van der Waals surface area contributed by atoms with Crippen molar-refractivity contribution in [2.75, 3.05) is 13.1 Å². The van der Waals surface area contributed by atoms with Crippen LogP contribution in [0, 0.1) is 11.3 Å². The predicted molar refractivity (Wildman–Crippen MR) is 67.6 cm³/mol. The van der Waals surface area contributed by atoms with Gasteiger partial charge in [0.15, 0.2) is 0 Å². The molecular weight excluding hydrogens is 214 g/mol. The monoisotopic (exact) mass is 239 g/mol. The summed E-state index contributed by atoms with van der Waals surface area (Å²) in [5, 5.41) is 9.75. The maximum absolute atomic E-state index is 12.6. The van der Waals surface area contributed by atoms with E-state index in [0.29, 0.717) is 24.9 Å². The second-order valence-corrected chi connectivity index (χ2v) is 6.74. The molecule has 0 spiro atoms. The number of β-amino-alcohol motifs (C(OH)–C–C–N with tert-alkyl or cyclic N) is 1. The van der Waals surface area contributed by atoms with E-state index in [4.69, 9.17) is 0 Å². The molecule has 1 aliphatic carbocycles. The van der Waals surface area contributed by atoms with Gasteiger partial charge in [-0.1, -0.05) is 26.7 Å². The largest absolute Gasteiger partial charge is 0.386 e. The average molecular weight is 239 g/mol. The van der Waals surface area contributed by atoms with Gasteiger partial charge in [-0.25, -0.2) is 0 Å². The smallest absolute Gasteiger partial charge is 0.228 e. The van der Waals surface area contributed by atoms with Gasteiger partial charge in [0.1, 0.15) is 0 Å². The molecule has 0 bridgehead atoms. The van der Waals surface area contributed by atoms with Crippen LogP contribution in [0.2, 0.25) is 0 Å². The molecule has 2 fully saturated rings. The number of nitrogens with zero attached hydrogens (tertiary/aromatic N) is 1. The van der Waals surface area contributed by atoms with E-state index in [1.807, 2.05) is 4.90 Å². The molecule has 0 aromatic carbocycles. The summed E-state index contributed by atoms with van der Waals surface area (Å²) in [6.07, 6.45) is 5.46. The van der Waals surface area contributed by atoms with Gasteiger partial charge in [-0.3, -0.25) is 4.79 Å². The molecule has 1 heterocycles. The van der Waals surface area contributed by atoms with Gasteiger partial charge in [0.05, 0.1) is 18.7 Å². The van der Waals surface area contributed by atoms with Crippen LogP contribution in [-0.4, -0.2) is 34.6 Å². The Hall–Kier alpha value is -0.570. The lowest BCUT2D eigenvalue weighted by Crippen LogP contribution is -2.64. The van der Waals surface area contributed by atoms with Crippen molar-refractivity contribution in [3.05, 3.63) is 0 Å². The van der Waals surface area contributed by atoms with E-state index in [1.54, 1.807) is 6.92 Å². The molecule has 0 radical (unpaired) electrons. The molecule has 1 amide bonds. The van der Waals surface area contributed by atoms with Crippen LogP contribution >= 0.6 is 0 Å². The summed E-state index contributed by atoms with van der Waals surface area (Å²) in [5.41, 5.74) is -0.752. The number of hydrogen-bond donors (Lipinski definition) is 1. The molecule has 0 aromatic rings. The van der Waals surface area contributed by atoms with E-state index < -0.39 is 5.60 Å². The quantitative estimate of drug-likeness (QED) is 0.820. The average Bonchev–Trinajstić information content (AvgIpc) is 2.61. The minimum absolute atomic E-state index is 0.106. The van der Waals surface area contributed by atoms with E-state index >= 15 is 0 Å². The van der Waals surface area contributed by atoms with Crippen molar-refractivity contribution in [2.45, 2.75) is 58.5 Å². The molecular formula is C14H25NO2. The summed E-state index contributed by atoms with van der Waals surface area (Å²) < 4.78 is 0. The number of rotatable bonds is 3. The minimum atomic E-state index is -0.646. The lowest BCUT2D eigenvalue weighted by atomic mass is 9.76. The Labute approximate surface area is 104 Å². The summed E-state index contributed by atoms with van der Waals surface area (Å²) >= 11 is 0. The maximum atomic E-state index is 12.6. The molecule has 3 heteroatoms. The molecule has 2 rings (SSSR count). The Balaban J connectivity index is 2.04. The third kappa shape index (κ3) is 2.49. The van der Waals surface area contributed by atoms with E-state index in [0.717, 1.165) is 19.3 Å². The second kappa shape index (κ2) is 4.27.